The van der Waals surface area contributed by atoms with E-state index in [1.54, 1.807) is 29.0 Å². The van der Waals surface area contributed by atoms with Crippen LogP contribution >= 0.6 is 0 Å². The van der Waals surface area contributed by atoms with Gasteiger partial charge in [-0.3, -0.25) is 25.7 Å². The van der Waals surface area contributed by atoms with Crippen LogP contribution in [-0.2, 0) is 0 Å². The second kappa shape index (κ2) is 14.1. The van der Waals surface area contributed by atoms with Crippen molar-refractivity contribution in [3.05, 3.63) is 71.0 Å². The quantitative estimate of drug-likeness (QED) is 0.210. The molecule has 11 nitrogen and oxygen atoms in total. The summed E-state index contributed by atoms with van der Waals surface area (Å²) >= 11 is 0. The monoisotopic (exact) mass is 604 g/mol. The Morgan fingerprint density at radius 2 is 1.80 bits per heavy atom. The summed E-state index contributed by atoms with van der Waals surface area (Å²) in [5, 5.41) is 32.6. The zero-order chi connectivity index (χ0) is 32.0. The number of hydrogen-bond acceptors (Lipinski definition) is 7. The Labute approximate surface area is 260 Å². The molecule has 4 atom stereocenters. The number of fused-ring (bicyclic) bond motifs is 1. The smallest absolute Gasteiger partial charge is 0.320 e. The molecule has 4 rings (SSSR count). The highest BCUT2D eigenvalue weighted by atomic mass is 16.5. The number of aliphatic hydroxyl groups excluding tert-OH is 1. The number of aliphatic hydroxyl groups is 1. The first-order chi connectivity index (χ1) is 20.9. The first kappa shape index (κ1) is 32.8. The molecule has 4 unspecified atom stereocenters. The summed E-state index contributed by atoms with van der Waals surface area (Å²) in [4.78, 5) is 19.5. The Morgan fingerprint density at radius 3 is 2.45 bits per heavy atom. The highest BCUT2D eigenvalue weighted by Crippen LogP contribution is 2.38. The predicted molar refractivity (Wildman–Crippen MR) is 173 cm³/mol. The Morgan fingerprint density at radius 1 is 1.11 bits per heavy atom. The minimum Gasteiger partial charge on any atom is -0.484 e. The fraction of sp³-hybridized carbons (Fsp3) is 0.515. The molecule has 2 amide bonds. The number of nitrogens with one attached hydrogen (secondary N) is 4. The van der Waals surface area contributed by atoms with Crippen molar-refractivity contribution in [2.24, 2.45) is 16.1 Å². The van der Waals surface area contributed by atoms with Crippen LogP contribution in [-0.4, -0.2) is 57.6 Å². The molecule has 1 fully saturated rings. The summed E-state index contributed by atoms with van der Waals surface area (Å²) in [5.74, 6) is 1.17. The average molecular weight is 605 g/mol. The van der Waals surface area contributed by atoms with E-state index in [1.165, 1.54) is 0 Å². The van der Waals surface area contributed by atoms with E-state index in [0.717, 1.165) is 30.4 Å². The van der Waals surface area contributed by atoms with Gasteiger partial charge in [0.2, 0.25) is 5.96 Å². The van der Waals surface area contributed by atoms with Crippen LogP contribution in [0.1, 0.15) is 90.0 Å². The summed E-state index contributed by atoms with van der Waals surface area (Å²) < 4.78 is 8.09. The lowest BCUT2D eigenvalue weighted by molar-refractivity contribution is 0.169. The van der Waals surface area contributed by atoms with Crippen LogP contribution in [0.25, 0.3) is 0 Å². The van der Waals surface area contributed by atoms with Gasteiger partial charge in [-0.25, -0.2) is 4.79 Å². The molecule has 0 bridgehead atoms. The maximum Gasteiger partial charge on any atom is 0.320 e. The van der Waals surface area contributed by atoms with Crippen LogP contribution in [0.5, 0.6) is 5.75 Å². The van der Waals surface area contributed by atoms with Crippen molar-refractivity contribution >= 4 is 17.8 Å². The number of aliphatic imine (C=N–C) groups is 1. The Kier molecular flexibility index (Phi) is 10.5. The number of rotatable bonds is 6. The number of nitrogens with zero attached hydrogens (tertiary/aromatic N) is 3. The van der Waals surface area contributed by atoms with Gasteiger partial charge in [-0.15, -0.1) is 0 Å². The molecule has 1 aromatic heterocycles. The van der Waals surface area contributed by atoms with E-state index in [0.29, 0.717) is 36.1 Å². The van der Waals surface area contributed by atoms with Crippen molar-refractivity contribution in [3.8, 4) is 5.75 Å². The molecule has 1 aromatic carbocycles. The second-order valence-electron chi connectivity index (χ2n) is 12.8. The molecule has 2 heterocycles. The predicted octanol–water partition coefficient (Wildman–Crippen LogP) is 4.55. The van der Waals surface area contributed by atoms with Crippen molar-refractivity contribution in [2.45, 2.75) is 91.0 Å². The van der Waals surface area contributed by atoms with Gasteiger partial charge in [-0.05, 0) is 75.3 Å². The van der Waals surface area contributed by atoms with E-state index >= 15 is 0 Å². The minimum absolute atomic E-state index is 0.143. The number of urea groups is 1. The molecule has 1 saturated heterocycles. The number of ether oxygens (including phenoxy) is 1. The van der Waals surface area contributed by atoms with Crippen LogP contribution in [0.2, 0.25) is 0 Å². The van der Waals surface area contributed by atoms with E-state index in [2.05, 4.69) is 34.4 Å². The van der Waals surface area contributed by atoms with Gasteiger partial charge in [-0.2, -0.15) is 0 Å². The van der Waals surface area contributed by atoms with Gasteiger partial charge in [-0.1, -0.05) is 45.0 Å². The summed E-state index contributed by atoms with van der Waals surface area (Å²) in [5.41, 5.74) is 8.64. The number of amides is 2. The second-order valence-corrected chi connectivity index (χ2v) is 12.8. The van der Waals surface area contributed by atoms with Gasteiger partial charge in [0, 0.05) is 23.2 Å². The first-order valence-electron chi connectivity index (χ1n) is 15.5. The van der Waals surface area contributed by atoms with Gasteiger partial charge in [0.05, 0.1) is 25.4 Å². The van der Waals surface area contributed by atoms with Crippen LogP contribution in [0, 0.1) is 16.2 Å². The highest BCUT2D eigenvalue weighted by molar-refractivity contribution is 6.04. The number of hydrogen-bond donors (Lipinski definition) is 6. The standard InChI is InChI=1S/C33H48N8O3/c1-21-9-8-10-22(2)41(21)31(36)40-20-23(13-16-29(40)35)44-27-15-14-26(24-11-6-7-12-25(24)27)38-32(43)39-30(37-17-18-42)19-28(34)33(3,4)5/h6-7,11-13,16,19-22,26-27,35-36,42H,8-10,14-15,17-18,34H2,1-5H3,(H2,37,38,39,43)/b28-19-,35-29?,36-31?. The molecule has 1 aliphatic carbocycles. The number of carbonyl (C=O) groups excluding carboxylic acids is 1. The van der Waals surface area contributed by atoms with Crippen LogP contribution in [0.3, 0.4) is 0 Å². The normalized spacial score (nSPS) is 22.6. The zero-order valence-corrected chi connectivity index (χ0v) is 26.6. The largest absolute Gasteiger partial charge is 0.484 e. The first-order valence-corrected chi connectivity index (χ1v) is 15.5. The van der Waals surface area contributed by atoms with Crippen molar-refractivity contribution in [3.63, 3.8) is 0 Å². The third kappa shape index (κ3) is 7.88. The maximum atomic E-state index is 13.1. The number of amidine groups is 1. The zero-order valence-electron chi connectivity index (χ0n) is 26.6. The lowest BCUT2D eigenvalue weighted by Crippen LogP contribution is -2.51. The molecule has 0 saturated carbocycles. The molecule has 44 heavy (non-hydrogen) atoms. The van der Waals surface area contributed by atoms with Crippen molar-refractivity contribution < 1.29 is 14.6 Å². The fourth-order valence-electron chi connectivity index (χ4n) is 5.84. The van der Waals surface area contributed by atoms with E-state index in [9.17, 15) is 9.90 Å². The number of carbonyl (C=O) groups is 1. The summed E-state index contributed by atoms with van der Waals surface area (Å²) in [6, 6.07) is 11.2. The Hall–Kier alpha value is -4.12. The van der Waals surface area contributed by atoms with Crippen LogP contribution in [0.4, 0.5) is 4.79 Å². The number of piperidine rings is 1. The molecular formula is C33H48N8O3. The molecule has 0 radical (unpaired) electrons. The van der Waals surface area contributed by atoms with Crippen molar-refractivity contribution in [2.75, 3.05) is 13.2 Å². The van der Waals surface area contributed by atoms with E-state index in [-0.39, 0.29) is 48.3 Å². The van der Waals surface area contributed by atoms with Crippen molar-refractivity contribution in [1.29, 1.82) is 10.8 Å². The summed E-state index contributed by atoms with van der Waals surface area (Å²) in [6.45, 7) is 10.2. The third-order valence-corrected chi connectivity index (χ3v) is 8.39. The lowest BCUT2D eigenvalue weighted by Gasteiger charge is -2.41. The third-order valence-electron chi connectivity index (χ3n) is 8.39. The van der Waals surface area contributed by atoms with Crippen LogP contribution < -0.4 is 26.6 Å². The molecule has 238 valence electrons. The number of benzene rings is 1. The number of likely N-dealkylation sites (tertiary alicyclic amines) is 1. The van der Waals surface area contributed by atoms with E-state index in [1.807, 2.05) is 45.0 Å². The minimum atomic E-state index is -0.412. The lowest BCUT2D eigenvalue weighted by atomic mass is 9.85. The van der Waals surface area contributed by atoms with Crippen molar-refractivity contribution in [1.82, 2.24) is 20.1 Å². The number of pyridine rings is 1. The average Bonchev–Trinajstić information content (AvgIpc) is 2.97. The molecule has 2 aromatic rings. The molecule has 2 aliphatic rings. The van der Waals surface area contributed by atoms with Gasteiger partial charge < -0.3 is 25.8 Å². The molecule has 1 aliphatic heterocycles. The number of nitrogens with two attached hydrogens (primary N) is 1. The van der Waals surface area contributed by atoms with E-state index in [4.69, 9.17) is 21.3 Å². The topological polar surface area (TPSA) is 165 Å². The summed E-state index contributed by atoms with van der Waals surface area (Å²) in [6.07, 6.45) is 7.63. The number of aromatic nitrogens is 1. The fourth-order valence-corrected chi connectivity index (χ4v) is 5.84. The molecule has 0 spiro atoms. The van der Waals surface area contributed by atoms with Gasteiger partial charge in [0.15, 0.2) is 0 Å². The Bertz CT molecular complexity index is 1450. The molecule has 7 N–H and O–H groups in total. The number of allylic oxidation sites excluding steroid dienone is 1. The van der Waals surface area contributed by atoms with Gasteiger partial charge >= 0.3 is 6.03 Å². The molecular weight excluding hydrogens is 556 g/mol. The molecule has 11 heteroatoms. The van der Waals surface area contributed by atoms with E-state index < -0.39 is 6.03 Å². The van der Waals surface area contributed by atoms with Crippen LogP contribution in [0.15, 0.2) is 59.4 Å². The SMILES string of the molecule is CC1CCCC(C)N1C(=N)n1cc(OC2CCC(NC(=O)NC(/C=C(\N)C(C)(C)C)=NCCO)c3ccccc32)ccc1=N. The van der Waals surface area contributed by atoms with Gasteiger partial charge in [0.25, 0.3) is 0 Å². The Balaban J connectivity index is 1.50. The maximum absolute atomic E-state index is 13.1. The highest BCUT2D eigenvalue weighted by Gasteiger charge is 2.31. The van der Waals surface area contributed by atoms with Gasteiger partial charge in [0.1, 0.15) is 23.2 Å². The summed E-state index contributed by atoms with van der Waals surface area (Å²) in [7, 11) is 0.